The highest BCUT2D eigenvalue weighted by Gasteiger charge is 2.45. The number of para-hydroxylation sites is 1. The van der Waals surface area contributed by atoms with E-state index in [0.29, 0.717) is 32.5 Å². The molecule has 2 aliphatic rings. The minimum Gasteiger partial charge on any atom is -0.469 e. The van der Waals surface area contributed by atoms with Crippen molar-refractivity contribution in [3.63, 3.8) is 0 Å². The maximum absolute atomic E-state index is 12.7. The van der Waals surface area contributed by atoms with Crippen LogP contribution in [0.2, 0.25) is 0 Å². The van der Waals surface area contributed by atoms with Gasteiger partial charge in [-0.05, 0) is 56.1 Å². The second kappa shape index (κ2) is 9.29. The number of aliphatic hydroxyl groups excluding tert-OH is 1. The summed E-state index contributed by atoms with van der Waals surface area (Å²) >= 11 is 0. The van der Waals surface area contributed by atoms with Crippen molar-refractivity contribution in [3.8, 4) is 6.19 Å². The molecule has 7 nitrogen and oxygen atoms in total. The van der Waals surface area contributed by atoms with Crippen LogP contribution in [-0.2, 0) is 20.7 Å². The van der Waals surface area contributed by atoms with Crippen LogP contribution in [0, 0.1) is 29.2 Å². The Morgan fingerprint density at radius 1 is 1.35 bits per heavy atom. The molecule has 2 N–H and O–H groups in total. The van der Waals surface area contributed by atoms with Crippen molar-refractivity contribution in [1.29, 1.82) is 5.26 Å². The summed E-state index contributed by atoms with van der Waals surface area (Å²) < 4.78 is 11.3. The molecule has 1 unspecified atom stereocenters. The molecule has 7 heteroatoms. The van der Waals surface area contributed by atoms with E-state index in [0.717, 1.165) is 29.4 Å². The molecule has 5 atom stereocenters. The number of aromatic amines is 1. The van der Waals surface area contributed by atoms with Crippen LogP contribution < -0.4 is 0 Å². The quantitative estimate of drug-likeness (QED) is 0.579. The number of carbonyl (C=O) groups excluding carboxylic acids is 1. The molecule has 0 spiro atoms. The predicted molar refractivity (Wildman–Crippen MR) is 116 cm³/mol. The van der Waals surface area contributed by atoms with Crippen LogP contribution in [0.5, 0.6) is 0 Å². The molecule has 1 aromatic carbocycles. The van der Waals surface area contributed by atoms with Gasteiger partial charge in [0.1, 0.15) is 0 Å². The maximum atomic E-state index is 12.7. The summed E-state index contributed by atoms with van der Waals surface area (Å²) in [4.78, 5) is 18.0. The van der Waals surface area contributed by atoms with E-state index in [1.807, 2.05) is 19.1 Å². The van der Waals surface area contributed by atoms with Gasteiger partial charge in [-0.25, -0.2) is 0 Å². The van der Waals surface area contributed by atoms with Gasteiger partial charge in [-0.2, -0.15) is 5.26 Å². The molecule has 0 saturated heterocycles. The van der Waals surface area contributed by atoms with Crippen molar-refractivity contribution in [2.45, 2.75) is 44.8 Å². The van der Waals surface area contributed by atoms with E-state index in [1.54, 1.807) is 4.90 Å². The summed E-state index contributed by atoms with van der Waals surface area (Å²) in [5, 5.41) is 21.6. The average Bonchev–Trinajstić information content (AvgIpc) is 3.15. The van der Waals surface area contributed by atoms with E-state index in [9.17, 15) is 15.2 Å². The standard InChI is InChI=1S/C24H31N3O4/c1-3-31-21-12-18-15(8-9-20(28)22(18)24(29)30-2)13-27(14-25)11-10-17-16-6-4-5-7-19(16)26-23(17)21/h4-7,15,18,20-22,26,28H,3,8-13H2,1-2H3/t15-,18?,20-,21+,22+/m0/s1. The van der Waals surface area contributed by atoms with Crippen LogP contribution in [0.4, 0.5) is 0 Å². The second-order valence-corrected chi connectivity index (χ2v) is 8.66. The molecule has 1 fully saturated rings. The summed E-state index contributed by atoms with van der Waals surface area (Å²) in [6.45, 7) is 3.72. The molecule has 1 aromatic heterocycles. The number of H-pyrrole nitrogens is 1. The van der Waals surface area contributed by atoms with Gasteiger partial charge in [0.2, 0.25) is 0 Å². The van der Waals surface area contributed by atoms with Crippen LogP contribution in [-0.4, -0.2) is 53.9 Å². The van der Waals surface area contributed by atoms with E-state index < -0.39 is 12.0 Å². The largest absolute Gasteiger partial charge is 0.469 e. The van der Waals surface area contributed by atoms with Gasteiger partial charge in [0.25, 0.3) is 0 Å². The normalized spacial score (nSPS) is 29.0. The van der Waals surface area contributed by atoms with Crippen molar-refractivity contribution in [2.24, 2.45) is 17.8 Å². The van der Waals surface area contributed by atoms with E-state index in [-0.39, 0.29) is 23.9 Å². The van der Waals surface area contributed by atoms with Gasteiger partial charge in [0, 0.05) is 36.3 Å². The number of esters is 1. The lowest BCUT2D eigenvalue weighted by atomic mass is 9.67. The molecule has 2 heterocycles. The smallest absolute Gasteiger partial charge is 0.311 e. The Balaban J connectivity index is 1.81. The lowest BCUT2D eigenvalue weighted by Crippen LogP contribution is -2.47. The van der Waals surface area contributed by atoms with Gasteiger partial charge < -0.3 is 24.5 Å². The lowest BCUT2D eigenvalue weighted by molar-refractivity contribution is -0.158. The first-order valence-corrected chi connectivity index (χ1v) is 11.2. The van der Waals surface area contributed by atoms with E-state index in [2.05, 4.69) is 23.3 Å². The van der Waals surface area contributed by atoms with Gasteiger partial charge in [0.15, 0.2) is 6.19 Å². The van der Waals surface area contributed by atoms with E-state index in [4.69, 9.17) is 9.47 Å². The number of rotatable bonds is 3. The minimum atomic E-state index is -0.739. The summed E-state index contributed by atoms with van der Waals surface area (Å²) in [6, 6.07) is 8.18. The van der Waals surface area contributed by atoms with Gasteiger partial charge in [-0.3, -0.25) is 4.79 Å². The Morgan fingerprint density at radius 3 is 2.90 bits per heavy atom. The van der Waals surface area contributed by atoms with Crippen molar-refractivity contribution in [1.82, 2.24) is 9.88 Å². The zero-order valence-corrected chi connectivity index (χ0v) is 18.2. The molecule has 0 amide bonds. The second-order valence-electron chi connectivity index (χ2n) is 8.66. The van der Waals surface area contributed by atoms with Crippen LogP contribution in [0.15, 0.2) is 24.3 Å². The fourth-order valence-electron chi connectivity index (χ4n) is 5.59. The van der Waals surface area contributed by atoms with Gasteiger partial charge in [-0.1, -0.05) is 18.2 Å². The zero-order valence-electron chi connectivity index (χ0n) is 18.2. The average molecular weight is 426 g/mol. The molecule has 1 aliphatic heterocycles. The number of aliphatic hydroxyl groups is 1. The van der Waals surface area contributed by atoms with Gasteiger partial charge in [0.05, 0.1) is 25.2 Å². The lowest BCUT2D eigenvalue weighted by Gasteiger charge is -2.42. The molecule has 0 bridgehead atoms. The third-order valence-electron chi connectivity index (χ3n) is 7.04. The van der Waals surface area contributed by atoms with Crippen LogP contribution in [0.25, 0.3) is 10.9 Å². The summed E-state index contributed by atoms with van der Waals surface area (Å²) in [7, 11) is 1.37. The predicted octanol–water partition coefficient (Wildman–Crippen LogP) is 3.15. The Labute approximate surface area is 182 Å². The Bertz CT molecular complexity index is 965. The summed E-state index contributed by atoms with van der Waals surface area (Å²) in [6.07, 6.45) is 4.04. The molecule has 31 heavy (non-hydrogen) atoms. The minimum absolute atomic E-state index is 0.112. The fraction of sp³-hybridized carbons (Fsp3) is 0.583. The maximum Gasteiger partial charge on any atom is 0.311 e. The molecule has 166 valence electrons. The first kappa shape index (κ1) is 21.7. The number of carbonyl (C=O) groups is 1. The number of nitrogens with zero attached hydrogens (tertiary/aromatic N) is 2. The van der Waals surface area contributed by atoms with Crippen molar-refractivity contribution in [3.05, 3.63) is 35.5 Å². The molecular formula is C24H31N3O4. The number of ether oxygens (including phenoxy) is 2. The highest BCUT2D eigenvalue weighted by molar-refractivity contribution is 5.84. The summed E-state index contributed by atoms with van der Waals surface area (Å²) in [5.41, 5.74) is 3.23. The molecular weight excluding hydrogens is 394 g/mol. The van der Waals surface area contributed by atoms with Crippen molar-refractivity contribution < 1.29 is 19.4 Å². The zero-order chi connectivity index (χ0) is 22.0. The number of nitriles is 1. The number of hydrogen-bond acceptors (Lipinski definition) is 6. The third-order valence-corrected chi connectivity index (χ3v) is 7.04. The first-order chi connectivity index (χ1) is 15.1. The number of hydrogen-bond donors (Lipinski definition) is 2. The number of benzene rings is 1. The topological polar surface area (TPSA) is 98.6 Å². The highest BCUT2D eigenvalue weighted by atomic mass is 16.5. The van der Waals surface area contributed by atoms with E-state index in [1.165, 1.54) is 12.7 Å². The number of fused-ring (bicyclic) bond motifs is 4. The Hall–Kier alpha value is -2.56. The monoisotopic (exact) mass is 425 g/mol. The Morgan fingerprint density at radius 2 is 2.16 bits per heavy atom. The number of aromatic nitrogens is 1. The molecule has 0 radical (unpaired) electrons. The highest BCUT2D eigenvalue weighted by Crippen LogP contribution is 2.44. The number of nitrogens with one attached hydrogen (secondary N) is 1. The fourth-order valence-corrected chi connectivity index (χ4v) is 5.59. The first-order valence-electron chi connectivity index (χ1n) is 11.2. The van der Waals surface area contributed by atoms with Crippen LogP contribution in [0.3, 0.4) is 0 Å². The molecule has 1 saturated carbocycles. The van der Waals surface area contributed by atoms with Crippen LogP contribution >= 0.6 is 0 Å². The van der Waals surface area contributed by atoms with Crippen LogP contribution in [0.1, 0.15) is 43.5 Å². The Kier molecular flexibility index (Phi) is 6.49. The number of methoxy groups -OCH3 is 1. The third kappa shape index (κ3) is 4.15. The van der Waals surface area contributed by atoms with E-state index >= 15 is 0 Å². The van der Waals surface area contributed by atoms with Crippen molar-refractivity contribution >= 4 is 16.9 Å². The molecule has 2 aromatic rings. The van der Waals surface area contributed by atoms with Gasteiger partial charge >= 0.3 is 5.97 Å². The molecule has 1 aliphatic carbocycles. The summed E-state index contributed by atoms with van der Waals surface area (Å²) in [5.74, 6) is -1.02. The SMILES string of the molecule is CCO[C@@H]1CC2[C@@H](CC[C@H](O)[C@@H]2C(=O)OC)CN(C#N)CCc2c1[nH]c1ccccc21. The van der Waals surface area contributed by atoms with Crippen molar-refractivity contribution in [2.75, 3.05) is 26.8 Å². The molecule has 4 rings (SSSR count). The van der Waals surface area contributed by atoms with Gasteiger partial charge in [-0.15, -0.1) is 0 Å².